The Balaban J connectivity index is 2.30. The second kappa shape index (κ2) is 4.98. The third-order valence-corrected chi connectivity index (χ3v) is 3.34. The van der Waals surface area contributed by atoms with Gasteiger partial charge >= 0.3 is 0 Å². The summed E-state index contributed by atoms with van der Waals surface area (Å²) in [5.41, 5.74) is 0.998. The van der Waals surface area contributed by atoms with Crippen molar-refractivity contribution in [3.8, 4) is 5.75 Å². The molecule has 1 aliphatic heterocycles. The van der Waals surface area contributed by atoms with Gasteiger partial charge in [0.25, 0.3) is 5.91 Å². The number of carbonyl (C=O) groups is 2. The Kier molecular flexibility index (Phi) is 3.57. The summed E-state index contributed by atoms with van der Waals surface area (Å²) in [5.74, 6) is 0.209. The number of hydrogen-bond donors (Lipinski definition) is 1. The third kappa shape index (κ3) is 2.34. The fourth-order valence-electron chi connectivity index (χ4n) is 1.73. The number of nitrogens with one attached hydrogen (secondary N) is 1. The highest BCUT2D eigenvalue weighted by molar-refractivity contribution is 6.34. The molecule has 1 aliphatic rings. The molecule has 2 atom stereocenters. The van der Waals surface area contributed by atoms with Gasteiger partial charge in [-0.2, -0.15) is 0 Å². The first-order valence-electron chi connectivity index (χ1n) is 5.82. The molecule has 0 radical (unpaired) electrons. The van der Waals surface area contributed by atoms with Crippen LogP contribution in [0.3, 0.4) is 0 Å². The van der Waals surface area contributed by atoms with Crippen LogP contribution < -0.4 is 10.1 Å². The molecule has 0 fully saturated rings. The zero-order valence-corrected chi connectivity index (χ0v) is 11.0. The monoisotopic (exact) mass is 267 g/mol. The normalized spacial score (nSPS) is 19.5. The van der Waals surface area contributed by atoms with E-state index in [1.54, 1.807) is 25.1 Å². The molecular weight excluding hydrogens is 254 g/mol. The van der Waals surface area contributed by atoms with Gasteiger partial charge in [0.2, 0.25) is 0 Å². The topological polar surface area (TPSA) is 55.4 Å². The first-order valence-corrected chi connectivity index (χ1v) is 6.26. The molecule has 18 heavy (non-hydrogen) atoms. The number of halogens is 1. The Hall–Kier alpha value is -1.55. The standard InChI is InChI=1S/C13H14ClNO3/c1-3-9(14)12(16)8-4-5-11-10(6-8)15-13(17)7(2)18-11/h4-7,9H,3H2,1-2H3,(H,15,17). The minimum absolute atomic E-state index is 0.144. The number of fused-ring (bicyclic) bond motifs is 1. The molecule has 1 N–H and O–H groups in total. The van der Waals surface area contributed by atoms with Gasteiger partial charge in [0.15, 0.2) is 11.9 Å². The van der Waals surface area contributed by atoms with Crippen LogP contribution in [-0.4, -0.2) is 23.2 Å². The lowest BCUT2D eigenvalue weighted by atomic mass is 10.0. The minimum atomic E-state index is -0.540. The van der Waals surface area contributed by atoms with Crippen LogP contribution in [0.2, 0.25) is 0 Å². The number of ether oxygens (including phenoxy) is 1. The van der Waals surface area contributed by atoms with Gasteiger partial charge in [-0.1, -0.05) is 6.92 Å². The SMILES string of the molecule is CCC(Cl)C(=O)c1ccc2c(c1)NC(=O)C(C)O2. The Morgan fingerprint density at radius 3 is 2.94 bits per heavy atom. The van der Waals surface area contributed by atoms with Crippen molar-refractivity contribution in [3.05, 3.63) is 23.8 Å². The fourth-order valence-corrected chi connectivity index (χ4v) is 1.85. The molecule has 5 heteroatoms. The molecule has 96 valence electrons. The van der Waals surface area contributed by atoms with E-state index in [1.165, 1.54) is 0 Å². The highest BCUT2D eigenvalue weighted by Gasteiger charge is 2.25. The van der Waals surface area contributed by atoms with Gasteiger partial charge in [-0.05, 0) is 31.5 Å². The highest BCUT2D eigenvalue weighted by atomic mass is 35.5. The number of rotatable bonds is 3. The predicted molar refractivity (Wildman–Crippen MR) is 69.4 cm³/mol. The van der Waals surface area contributed by atoms with Crippen LogP contribution in [0, 0.1) is 0 Å². The lowest BCUT2D eigenvalue weighted by Crippen LogP contribution is -2.34. The molecule has 2 unspecified atom stereocenters. The van der Waals surface area contributed by atoms with Crippen LogP contribution in [-0.2, 0) is 4.79 Å². The Bertz CT molecular complexity index is 501. The van der Waals surface area contributed by atoms with E-state index < -0.39 is 11.5 Å². The second-order valence-electron chi connectivity index (χ2n) is 4.20. The lowest BCUT2D eigenvalue weighted by molar-refractivity contribution is -0.122. The van der Waals surface area contributed by atoms with Crippen molar-refractivity contribution >= 4 is 29.0 Å². The molecule has 1 amide bonds. The van der Waals surface area contributed by atoms with Crippen molar-refractivity contribution in [2.24, 2.45) is 0 Å². The second-order valence-corrected chi connectivity index (χ2v) is 4.73. The number of amides is 1. The van der Waals surface area contributed by atoms with E-state index in [1.807, 2.05) is 6.92 Å². The number of benzene rings is 1. The van der Waals surface area contributed by atoms with Crippen molar-refractivity contribution in [1.29, 1.82) is 0 Å². The van der Waals surface area contributed by atoms with E-state index in [2.05, 4.69) is 5.32 Å². The summed E-state index contributed by atoms with van der Waals surface area (Å²) < 4.78 is 5.41. The van der Waals surface area contributed by atoms with Gasteiger partial charge in [0, 0.05) is 5.56 Å². The van der Waals surface area contributed by atoms with Gasteiger partial charge in [-0.25, -0.2) is 0 Å². The van der Waals surface area contributed by atoms with E-state index in [-0.39, 0.29) is 11.7 Å². The number of ketones is 1. The van der Waals surface area contributed by atoms with Crippen molar-refractivity contribution in [3.63, 3.8) is 0 Å². The van der Waals surface area contributed by atoms with E-state index in [0.717, 1.165) is 0 Å². The first kappa shape index (κ1) is 12.9. The summed E-state index contributed by atoms with van der Waals surface area (Å²) >= 11 is 5.92. The van der Waals surface area contributed by atoms with Crippen LogP contribution >= 0.6 is 11.6 Å². The maximum Gasteiger partial charge on any atom is 0.265 e. The largest absolute Gasteiger partial charge is 0.479 e. The number of carbonyl (C=O) groups excluding carboxylic acids is 2. The van der Waals surface area contributed by atoms with Crippen molar-refractivity contribution < 1.29 is 14.3 Å². The van der Waals surface area contributed by atoms with Crippen LogP contribution in [0.5, 0.6) is 5.75 Å². The van der Waals surface area contributed by atoms with Crippen LogP contribution in [0.25, 0.3) is 0 Å². The average molecular weight is 268 g/mol. The Morgan fingerprint density at radius 1 is 1.56 bits per heavy atom. The average Bonchev–Trinajstić information content (AvgIpc) is 2.37. The van der Waals surface area contributed by atoms with E-state index in [9.17, 15) is 9.59 Å². The summed E-state index contributed by atoms with van der Waals surface area (Å²) in [6.45, 7) is 3.52. The maximum absolute atomic E-state index is 11.9. The zero-order chi connectivity index (χ0) is 13.3. The fraction of sp³-hybridized carbons (Fsp3) is 0.385. The molecule has 0 bridgehead atoms. The van der Waals surface area contributed by atoms with Gasteiger partial charge in [-0.15, -0.1) is 11.6 Å². The highest BCUT2D eigenvalue weighted by Crippen LogP contribution is 2.31. The van der Waals surface area contributed by atoms with Gasteiger partial charge in [0.1, 0.15) is 5.75 Å². The summed E-state index contributed by atoms with van der Waals surface area (Å²) in [5, 5.41) is 2.16. The molecule has 4 nitrogen and oxygen atoms in total. The molecule has 1 heterocycles. The van der Waals surface area contributed by atoms with Crippen molar-refractivity contribution in [2.75, 3.05) is 5.32 Å². The number of anilines is 1. The third-order valence-electron chi connectivity index (χ3n) is 2.84. The predicted octanol–water partition coefficient (Wildman–Crippen LogP) is 2.61. The molecule has 0 aromatic heterocycles. The first-order chi connectivity index (χ1) is 8.52. The number of hydrogen-bond acceptors (Lipinski definition) is 3. The molecule has 1 aromatic rings. The quantitative estimate of drug-likeness (QED) is 0.676. The maximum atomic E-state index is 11.9. The molecule has 0 spiro atoms. The van der Waals surface area contributed by atoms with Crippen molar-refractivity contribution in [2.45, 2.75) is 31.7 Å². The Morgan fingerprint density at radius 2 is 2.28 bits per heavy atom. The molecule has 2 rings (SSSR count). The van der Waals surface area contributed by atoms with Crippen LogP contribution in [0.4, 0.5) is 5.69 Å². The molecule has 0 aliphatic carbocycles. The smallest absolute Gasteiger partial charge is 0.265 e. The molecule has 0 saturated heterocycles. The molecular formula is C13H14ClNO3. The molecule has 0 saturated carbocycles. The summed E-state index contributed by atoms with van der Waals surface area (Å²) in [6, 6.07) is 4.95. The Labute approximate surface area is 110 Å². The summed E-state index contributed by atoms with van der Waals surface area (Å²) in [6.07, 6.45) is 0.0487. The van der Waals surface area contributed by atoms with Gasteiger partial charge in [0.05, 0.1) is 11.1 Å². The molecule has 1 aromatic carbocycles. The zero-order valence-electron chi connectivity index (χ0n) is 10.2. The summed E-state index contributed by atoms with van der Waals surface area (Å²) in [7, 11) is 0. The van der Waals surface area contributed by atoms with Gasteiger partial charge in [-0.3, -0.25) is 9.59 Å². The van der Waals surface area contributed by atoms with Crippen LogP contribution in [0.1, 0.15) is 30.6 Å². The number of alkyl halides is 1. The summed E-state index contributed by atoms with van der Waals surface area (Å²) in [4.78, 5) is 23.4. The van der Waals surface area contributed by atoms with E-state index in [0.29, 0.717) is 23.4 Å². The van der Waals surface area contributed by atoms with E-state index in [4.69, 9.17) is 16.3 Å². The van der Waals surface area contributed by atoms with E-state index >= 15 is 0 Å². The lowest BCUT2D eigenvalue weighted by Gasteiger charge is -2.23. The van der Waals surface area contributed by atoms with Crippen molar-refractivity contribution in [1.82, 2.24) is 0 Å². The minimum Gasteiger partial charge on any atom is -0.479 e. The number of Topliss-reactive ketones (excluding diaryl/α,β-unsaturated/α-hetero) is 1. The van der Waals surface area contributed by atoms with Crippen LogP contribution in [0.15, 0.2) is 18.2 Å². The van der Waals surface area contributed by atoms with Gasteiger partial charge < -0.3 is 10.1 Å².